The molecule has 3 aromatic heterocycles. The summed E-state index contributed by atoms with van der Waals surface area (Å²) in [6.45, 7) is 19.3. The average Bonchev–Trinajstić information content (AvgIpc) is 4.01. The maximum Gasteiger partial charge on any atom is 0.364 e. The first-order valence-electron chi connectivity index (χ1n) is 23.4. The number of nitrogens with zero attached hydrogens (tertiary/aromatic N) is 3. The predicted octanol–water partition coefficient (Wildman–Crippen LogP) is 13.7. The summed E-state index contributed by atoms with van der Waals surface area (Å²) in [4.78, 5) is 0. The van der Waals surface area contributed by atoms with Crippen molar-refractivity contribution in [3.05, 3.63) is 192 Å². The Kier molecular flexibility index (Phi) is 8.61. The van der Waals surface area contributed by atoms with E-state index in [1.165, 1.54) is 66.5 Å². The van der Waals surface area contributed by atoms with Crippen LogP contribution >= 0.6 is 0 Å². The number of imidazole rings is 1. The molecule has 318 valence electrons. The fraction of sp³-hybridized carbons (Fsp3) is 0.200. The van der Waals surface area contributed by atoms with Gasteiger partial charge in [0.25, 0.3) is 0 Å². The molecule has 5 heterocycles. The molecule has 10 aromatic rings. The Bertz CT molecular complexity index is 3560. The van der Waals surface area contributed by atoms with Crippen molar-refractivity contribution in [1.29, 1.82) is 0 Å². The fourth-order valence-electron chi connectivity index (χ4n) is 11.3. The van der Waals surface area contributed by atoms with Crippen molar-refractivity contribution in [3.8, 4) is 50.6 Å². The number of furan rings is 1. The number of para-hydroxylation sites is 3. The van der Waals surface area contributed by atoms with Crippen LogP contribution in [-0.2, 0) is 17.5 Å². The predicted molar refractivity (Wildman–Crippen MR) is 271 cm³/mol. The van der Waals surface area contributed by atoms with Crippen LogP contribution in [0.25, 0.3) is 83.6 Å². The third-order valence-corrected chi connectivity index (χ3v) is 16.2. The number of fused-ring (bicyclic) bond motifs is 16. The summed E-state index contributed by atoms with van der Waals surface area (Å²) in [5, 5.41) is 3.78. The van der Waals surface area contributed by atoms with E-state index >= 15 is 0 Å². The van der Waals surface area contributed by atoms with Gasteiger partial charge in [-0.2, -0.15) is 4.57 Å². The fourth-order valence-corrected chi connectivity index (χ4v) is 12.9. The zero-order chi connectivity index (χ0) is 44.6. The summed E-state index contributed by atoms with van der Waals surface area (Å²) < 4.78 is 15.2. The molecule has 2 aliphatic rings. The van der Waals surface area contributed by atoms with Gasteiger partial charge in [0.2, 0.25) is 5.69 Å². The number of hydrogen-bond acceptors (Lipinski definition) is 1. The molecule has 0 aliphatic carbocycles. The molecule has 0 amide bonds. The van der Waals surface area contributed by atoms with Crippen molar-refractivity contribution in [3.63, 3.8) is 0 Å². The Hall–Kier alpha value is -6.82. The van der Waals surface area contributed by atoms with Gasteiger partial charge in [-0.15, -0.1) is 9.13 Å². The largest absolute Gasteiger partial charge is 0.455 e. The van der Waals surface area contributed by atoms with Crippen molar-refractivity contribution < 1.29 is 13.6 Å². The third-order valence-electron chi connectivity index (χ3n) is 14.2. The Morgan fingerprint density at radius 3 is 2.09 bits per heavy atom. The Balaban J connectivity index is 1.30. The van der Waals surface area contributed by atoms with E-state index in [0.29, 0.717) is 5.92 Å². The second kappa shape index (κ2) is 14.1. The van der Waals surface area contributed by atoms with E-state index in [1.54, 1.807) is 0 Å². The summed E-state index contributed by atoms with van der Waals surface area (Å²) in [5.74, 6) is 1.65. The minimum Gasteiger partial charge on any atom is -0.455 e. The highest BCUT2D eigenvalue weighted by atomic mass is 28.3. The molecule has 1 spiro atoms. The zero-order valence-corrected chi connectivity index (χ0v) is 39.7. The van der Waals surface area contributed by atoms with Gasteiger partial charge in [0.05, 0.1) is 24.8 Å². The molecule has 0 N–H and O–H groups in total. The second-order valence-electron chi connectivity index (χ2n) is 20.9. The minimum atomic E-state index is -1.88. The first-order valence-corrected chi connectivity index (χ1v) is 26.9. The highest BCUT2D eigenvalue weighted by molar-refractivity contribution is 6.89. The van der Waals surface area contributed by atoms with Gasteiger partial charge in [0.1, 0.15) is 16.8 Å². The van der Waals surface area contributed by atoms with Gasteiger partial charge in [-0.25, -0.2) is 0 Å². The topological polar surface area (TPSA) is 25.8 Å². The van der Waals surface area contributed by atoms with Crippen LogP contribution in [0.2, 0.25) is 19.6 Å². The van der Waals surface area contributed by atoms with Crippen LogP contribution in [0.3, 0.4) is 0 Å². The van der Waals surface area contributed by atoms with Crippen LogP contribution in [0, 0.1) is 5.92 Å². The number of rotatable bonds is 6. The molecule has 0 saturated heterocycles. The SMILES string of the molecule is CC(C)Cc1cc2[n+](cc1[Si](C)(C)C)C1(c3cc(C(C)(C)C)ccc3-2)c2ccc3c(oc4ccccc43)c2-c2n(-c3ccc(-c4ccccc4)cc3-c3ccccc3)c3ccccc3[n+]21. The van der Waals surface area contributed by atoms with Crippen molar-refractivity contribution in [2.24, 2.45) is 5.92 Å². The molecule has 7 aromatic carbocycles. The molecular formula is C60H55N3OSi+2. The van der Waals surface area contributed by atoms with Crippen molar-refractivity contribution >= 4 is 46.2 Å². The normalized spacial score (nSPS) is 15.3. The van der Waals surface area contributed by atoms with Crippen molar-refractivity contribution in [1.82, 2.24) is 4.57 Å². The van der Waals surface area contributed by atoms with Crippen molar-refractivity contribution in [2.75, 3.05) is 0 Å². The van der Waals surface area contributed by atoms with E-state index in [1.807, 2.05) is 0 Å². The van der Waals surface area contributed by atoms with E-state index in [0.717, 1.165) is 51.0 Å². The van der Waals surface area contributed by atoms with Gasteiger partial charge in [0, 0.05) is 27.6 Å². The van der Waals surface area contributed by atoms with Gasteiger partial charge in [-0.1, -0.05) is 157 Å². The molecular weight excluding hydrogens is 807 g/mol. The van der Waals surface area contributed by atoms with Gasteiger partial charge in [0.15, 0.2) is 22.8 Å². The van der Waals surface area contributed by atoms with E-state index in [9.17, 15) is 0 Å². The lowest BCUT2D eigenvalue weighted by Gasteiger charge is -2.25. The smallest absolute Gasteiger partial charge is 0.364 e. The number of pyridine rings is 1. The first-order chi connectivity index (χ1) is 31.3. The molecule has 4 nitrogen and oxygen atoms in total. The summed E-state index contributed by atoms with van der Waals surface area (Å²) in [6.07, 6.45) is 3.64. The lowest BCUT2D eigenvalue weighted by Crippen LogP contribution is -2.72. The van der Waals surface area contributed by atoms with Crippen LogP contribution in [0.4, 0.5) is 0 Å². The maximum absolute atomic E-state index is 7.20. The highest BCUT2D eigenvalue weighted by Gasteiger charge is 2.67. The van der Waals surface area contributed by atoms with Crippen LogP contribution in [0.1, 0.15) is 56.9 Å². The molecule has 65 heavy (non-hydrogen) atoms. The first kappa shape index (κ1) is 39.7. The van der Waals surface area contributed by atoms with Gasteiger partial charge in [-0.3, -0.25) is 0 Å². The maximum atomic E-state index is 7.20. The molecule has 0 saturated carbocycles. The van der Waals surface area contributed by atoms with Crippen LogP contribution < -0.4 is 14.3 Å². The Morgan fingerprint density at radius 1 is 0.646 bits per heavy atom. The van der Waals surface area contributed by atoms with Crippen LogP contribution in [0.5, 0.6) is 0 Å². The molecule has 0 fully saturated rings. The lowest BCUT2D eigenvalue weighted by atomic mass is 9.82. The third kappa shape index (κ3) is 5.74. The summed E-state index contributed by atoms with van der Waals surface area (Å²) >= 11 is 0. The minimum absolute atomic E-state index is 0.0708. The van der Waals surface area contributed by atoms with Gasteiger partial charge < -0.3 is 4.42 Å². The van der Waals surface area contributed by atoms with Crippen LogP contribution in [0.15, 0.2) is 174 Å². The molecule has 12 rings (SSSR count). The molecule has 5 heteroatoms. The highest BCUT2D eigenvalue weighted by Crippen LogP contribution is 2.53. The second-order valence-corrected chi connectivity index (χ2v) is 25.9. The molecule has 0 radical (unpaired) electrons. The number of aromatic nitrogens is 3. The monoisotopic (exact) mass is 861 g/mol. The summed E-state index contributed by atoms with van der Waals surface area (Å²) in [7, 11) is -1.88. The number of hydrogen-bond donors (Lipinski definition) is 0. The Labute approximate surface area is 383 Å². The van der Waals surface area contributed by atoms with Gasteiger partial charge >= 0.3 is 11.5 Å². The molecule has 2 aliphatic heterocycles. The van der Waals surface area contributed by atoms with Crippen molar-refractivity contribution in [2.45, 2.75) is 71.8 Å². The van der Waals surface area contributed by atoms with Crippen LogP contribution in [-0.4, -0.2) is 12.6 Å². The average molecular weight is 862 g/mol. The number of benzene rings is 7. The molecule has 1 unspecified atom stereocenters. The standard InChI is InChI=1S/C60H55N3OSi/c1-38(2)33-42-35-53-46-29-28-43(59(3,4)5)36-49(46)60(61(53)37-55(42)65(6,7)8)48-31-30-45-44-23-15-18-26-54(44)64-57(45)56(48)58-62(51-24-16-17-25-52(51)63(58)60)50-32-27-41(39-19-11-9-12-20-39)34-47(50)40-21-13-10-14-22-40/h9-32,34-38H,33H2,1-8H3/q+2. The quantitative estimate of drug-likeness (QED) is 0.121. The Morgan fingerprint density at radius 2 is 1.35 bits per heavy atom. The van der Waals surface area contributed by atoms with E-state index in [2.05, 4.69) is 238 Å². The zero-order valence-electron chi connectivity index (χ0n) is 38.7. The lowest BCUT2D eigenvalue weighted by molar-refractivity contribution is -0.944. The molecule has 0 bridgehead atoms. The summed E-state index contributed by atoms with van der Waals surface area (Å²) in [5.41, 5.74) is 18.2. The molecule has 1 atom stereocenters. The van der Waals surface area contributed by atoms with E-state index in [4.69, 9.17) is 4.42 Å². The van der Waals surface area contributed by atoms with Gasteiger partial charge in [-0.05, 0) is 100 Å². The van der Waals surface area contributed by atoms with E-state index < -0.39 is 13.7 Å². The van der Waals surface area contributed by atoms with E-state index in [-0.39, 0.29) is 5.41 Å². The summed E-state index contributed by atoms with van der Waals surface area (Å²) in [6, 6.07) is 61.1.